The Morgan fingerprint density at radius 2 is 1.32 bits per heavy atom. The van der Waals surface area contributed by atoms with E-state index < -0.39 is 37.0 Å². The molecule has 0 aliphatic heterocycles. The first-order valence-corrected chi connectivity index (χ1v) is 19.2. The van der Waals surface area contributed by atoms with Crippen LogP contribution in [0.25, 0.3) is 0 Å². The minimum absolute atomic E-state index is 0.122. The summed E-state index contributed by atoms with van der Waals surface area (Å²) >= 11 is 0. The fourth-order valence-electron chi connectivity index (χ4n) is 6.31. The molecular formula is C39H70O8. The molecule has 8 heteroatoms. The number of ether oxygens (including phenoxy) is 2. The van der Waals surface area contributed by atoms with Gasteiger partial charge in [-0.25, -0.2) is 0 Å². The molecule has 4 N–H and O–H groups in total. The second kappa shape index (κ2) is 29.2. The van der Waals surface area contributed by atoms with Gasteiger partial charge in [-0.05, 0) is 38.0 Å². The van der Waals surface area contributed by atoms with Gasteiger partial charge < -0.3 is 29.9 Å². The number of carbonyl (C=O) groups excluding carboxylic acids is 2. The van der Waals surface area contributed by atoms with Gasteiger partial charge in [0.2, 0.25) is 0 Å². The lowest BCUT2D eigenvalue weighted by molar-refractivity contribution is -0.161. The van der Waals surface area contributed by atoms with Gasteiger partial charge >= 0.3 is 11.9 Å². The Labute approximate surface area is 286 Å². The first-order valence-electron chi connectivity index (χ1n) is 19.2. The molecule has 0 amide bonds. The summed E-state index contributed by atoms with van der Waals surface area (Å²) in [5.74, 6) is -1.09. The Hall–Kier alpha value is -1.74. The summed E-state index contributed by atoms with van der Waals surface area (Å²) in [6.45, 7) is 3.83. The maximum atomic E-state index is 12.3. The van der Waals surface area contributed by atoms with Gasteiger partial charge in [-0.3, -0.25) is 9.59 Å². The fourth-order valence-corrected chi connectivity index (χ4v) is 6.31. The van der Waals surface area contributed by atoms with Crippen molar-refractivity contribution >= 4 is 11.9 Å². The van der Waals surface area contributed by atoms with E-state index in [1.54, 1.807) is 6.08 Å². The number of allylic oxidation sites excluding steroid dienone is 2. The highest BCUT2D eigenvalue weighted by Gasteiger charge is 2.39. The molecule has 47 heavy (non-hydrogen) atoms. The van der Waals surface area contributed by atoms with Crippen LogP contribution in [0.2, 0.25) is 0 Å². The molecule has 0 aromatic heterocycles. The standard InChI is InChI=1S/C39H70O8/c1-3-5-7-8-9-10-11-12-13-14-15-16-21-25-38(44)46-31-33(30-40)47-39(45)26-22-18-17-20-24-34-35(37(43)29-36(34)42)28-27-32(41)23-19-6-4-2/h17,20,27-28,32-37,40-43H,3-16,18-19,21-26,29-31H2,1-2H3/b20-17+,28-27+/t32-,33-,34+,35+,36-,37+/m0/s1. The summed E-state index contributed by atoms with van der Waals surface area (Å²) in [5, 5.41) is 40.6. The summed E-state index contributed by atoms with van der Waals surface area (Å²) in [6, 6.07) is 0. The predicted octanol–water partition coefficient (Wildman–Crippen LogP) is 7.89. The maximum absolute atomic E-state index is 12.3. The van der Waals surface area contributed by atoms with Crippen LogP contribution in [-0.2, 0) is 19.1 Å². The molecule has 8 nitrogen and oxygen atoms in total. The lowest BCUT2D eigenvalue weighted by Gasteiger charge is -2.19. The zero-order valence-corrected chi connectivity index (χ0v) is 29.9. The van der Waals surface area contributed by atoms with Crippen molar-refractivity contribution in [3.05, 3.63) is 24.3 Å². The Morgan fingerprint density at radius 1 is 0.745 bits per heavy atom. The Kier molecular flexibility index (Phi) is 26.9. The third-order valence-electron chi connectivity index (χ3n) is 9.32. The summed E-state index contributed by atoms with van der Waals surface area (Å²) in [5.41, 5.74) is 0. The van der Waals surface area contributed by atoms with Crippen molar-refractivity contribution in [3.63, 3.8) is 0 Å². The average molecular weight is 667 g/mol. The molecular weight excluding hydrogens is 596 g/mol. The third kappa shape index (κ3) is 22.5. The highest BCUT2D eigenvalue weighted by Crippen LogP contribution is 2.36. The maximum Gasteiger partial charge on any atom is 0.306 e. The molecule has 1 fully saturated rings. The van der Waals surface area contributed by atoms with Crippen LogP contribution in [0, 0.1) is 11.8 Å². The molecule has 1 rings (SSSR count). The molecule has 1 aliphatic carbocycles. The lowest BCUT2D eigenvalue weighted by Crippen LogP contribution is -2.28. The van der Waals surface area contributed by atoms with Gasteiger partial charge in [-0.2, -0.15) is 0 Å². The van der Waals surface area contributed by atoms with Gasteiger partial charge in [-0.1, -0.05) is 134 Å². The van der Waals surface area contributed by atoms with E-state index in [0.29, 0.717) is 38.5 Å². The van der Waals surface area contributed by atoms with Gasteiger partial charge in [0.25, 0.3) is 0 Å². The van der Waals surface area contributed by atoms with E-state index in [0.717, 1.165) is 38.5 Å². The molecule has 0 heterocycles. The first-order chi connectivity index (χ1) is 22.8. The van der Waals surface area contributed by atoms with E-state index >= 15 is 0 Å². The normalized spacial score (nSPS) is 21.1. The number of hydrogen-bond acceptors (Lipinski definition) is 8. The van der Waals surface area contributed by atoms with Crippen LogP contribution in [0.3, 0.4) is 0 Å². The smallest absolute Gasteiger partial charge is 0.306 e. The van der Waals surface area contributed by atoms with Gasteiger partial charge in [0.1, 0.15) is 6.61 Å². The highest BCUT2D eigenvalue weighted by molar-refractivity contribution is 5.70. The predicted molar refractivity (Wildman–Crippen MR) is 189 cm³/mol. The third-order valence-corrected chi connectivity index (χ3v) is 9.32. The molecule has 0 saturated heterocycles. The van der Waals surface area contributed by atoms with Crippen LogP contribution in [0.1, 0.15) is 162 Å². The Morgan fingerprint density at radius 3 is 1.94 bits per heavy atom. The molecule has 0 bridgehead atoms. The van der Waals surface area contributed by atoms with Crippen molar-refractivity contribution in [3.8, 4) is 0 Å². The van der Waals surface area contributed by atoms with Crippen molar-refractivity contribution in [1.29, 1.82) is 0 Å². The lowest BCUT2D eigenvalue weighted by atomic mass is 9.89. The number of hydrogen-bond donors (Lipinski definition) is 4. The SMILES string of the molecule is CCCCCCCCCCCCCCCC(=O)OC[C@H](CO)OC(=O)CCC/C=C/C[C@@H]1[C@@H](/C=C/[C@@H](O)CCCCC)[C@H](O)C[C@@H]1O. The van der Waals surface area contributed by atoms with E-state index in [1.165, 1.54) is 64.2 Å². The van der Waals surface area contributed by atoms with Gasteiger partial charge in [0.15, 0.2) is 6.10 Å². The van der Waals surface area contributed by atoms with Crippen LogP contribution in [0.15, 0.2) is 24.3 Å². The summed E-state index contributed by atoms with van der Waals surface area (Å²) in [7, 11) is 0. The van der Waals surface area contributed by atoms with Crippen LogP contribution < -0.4 is 0 Å². The zero-order chi connectivity index (χ0) is 34.5. The number of carbonyl (C=O) groups is 2. The van der Waals surface area contributed by atoms with Crippen molar-refractivity contribution in [1.82, 2.24) is 0 Å². The van der Waals surface area contributed by atoms with Crippen molar-refractivity contribution in [2.75, 3.05) is 13.2 Å². The quantitative estimate of drug-likeness (QED) is 0.0346. The Balaban J connectivity index is 2.15. The summed E-state index contributed by atoms with van der Waals surface area (Å²) in [6.07, 6.45) is 27.6. The second-order valence-corrected chi connectivity index (χ2v) is 13.6. The Bertz CT molecular complexity index is 828. The molecule has 0 unspecified atom stereocenters. The van der Waals surface area contributed by atoms with E-state index in [4.69, 9.17) is 9.47 Å². The number of unbranched alkanes of at least 4 members (excludes halogenated alkanes) is 15. The van der Waals surface area contributed by atoms with Crippen molar-refractivity contribution < 1.29 is 39.5 Å². The van der Waals surface area contributed by atoms with E-state index in [1.807, 2.05) is 18.2 Å². The molecule has 0 spiro atoms. The molecule has 274 valence electrons. The van der Waals surface area contributed by atoms with Crippen LogP contribution in [-0.4, -0.2) is 70.0 Å². The second-order valence-electron chi connectivity index (χ2n) is 13.6. The summed E-state index contributed by atoms with van der Waals surface area (Å²) < 4.78 is 10.5. The van der Waals surface area contributed by atoms with Gasteiger partial charge in [0.05, 0.1) is 24.9 Å². The van der Waals surface area contributed by atoms with Crippen LogP contribution in [0.4, 0.5) is 0 Å². The van der Waals surface area contributed by atoms with Crippen molar-refractivity contribution in [2.24, 2.45) is 11.8 Å². The van der Waals surface area contributed by atoms with Crippen molar-refractivity contribution in [2.45, 2.75) is 186 Å². The molecule has 0 aromatic carbocycles. The molecule has 1 saturated carbocycles. The minimum Gasteiger partial charge on any atom is -0.462 e. The molecule has 1 aliphatic rings. The van der Waals surface area contributed by atoms with E-state index in [-0.39, 0.29) is 30.8 Å². The van der Waals surface area contributed by atoms with Crippen LogP contribution in [0.5, 0.6) is 0 Å². The molecule has 6 atom stereocenters. The average Bonchev–Trinajstić information content (AvgIpc) is 3.32. The zero-order valence-electron chi connectivity index (χ0n) is 29.9. The van der Waals surface area contributed by atoms with E-state index in [2.05, 4.69) is 13.8 Å². The van der Waals surface area contributed by atoms with Gasteiger partial charge in [-0.15, -0.1) is 0 Å². The molecule has 0 radical (unpaired) electrons. The van der Waals surface area contributed by atoms with E-state index in [9.17, 15) is 30.0 Å². The number of esters is 2. The van der Waals surface area contributed by atoms with Gasteiger partial charge in [0, 0.05) is 25.2 Å². The summed E-state index contributed by atoms with van der Waals surface area (Å²) in [4.78, 5) is 24.3. The number of aliphatic hydroxyl groups is 4. The minimum atomic E-state index is -0.862. The highest BCUT2D eigenvalue weighted by atomic mass is 16.6. The first kappa shape index (κ1) is 43.3. The molecule has 0 aromatic rings. The fraction of sp³-hybridized carbons (Fsp3) is 0.846. The topological polar surface area (TPSA) is 134 Å². The largest absolute Gasteiger partial charge is 0.462 e. The monoisotopic (exact) mass is 667 g/mol. The van der Waals surface area contributed by atoms with Crippen LogP contribution >= 0.6 is 0 Å². The number of aliphatic hydroxyl groups excluding tert-OH is 4. The number of rotatable bonds is 30.